The minimum atomic E-state index is 1.09. The first-order valence-electron chi connectivity index (χ1n) is 12.8. The third-order valence-corrected chi connectivity index (χ3v) is 7.75. The van der Waals surface area contributed by atoms with Crippen LogP contribution in [0.3, 0.4) is 0 Å². The van der Waals surface area contributed by atoms with Crippen LogP contribution in [0, 0.1) is 0 Å². The van der Waals surface area contributed by atoms with Gasteiger partial charge in [0.1, 0.15) is 0 Å². The van der Waals surface area contributed by atoms with Crippen LogP contribution in [-0.4, -0.2) is 4.57 Å². The van der Waals surface area contributed by atoms with Gasteiger partial charge in [0, 0.05) is 20.9 Å². The molecule has 1 heterocycles. The lowest BCUT2D eigenvalue weighted by Gasteiger charge is -2.11. The summed E-state index contributed by atoms with van der Waals surface area (Å²) in [5, 5.41) is 2.53. The maximum absolute atomic E-state index is 3.59. The Kier molecular flexibility index (Phi) is 5.68. The molecule has 180 valence electrons. The van der Waals surface area contributed by atoms with Crippen molar-refractivity contribution >= 4 is 37.7 Å². The third kappa shape index (κ3) is 4.04. The van der Waals surface area contributed by atoms with Crippen LogP contribution in [0.25, 0.3) is 60.9 Å². The summed E-state index contributed by atoms with van der Waals surface area (Å²) in [6.07, 6.45) is 0. The summed E-state index contributed by atoms with van der Waals surface area (Å²) < 4.78 is 3.49. The van der Waals surface area contributed by atoms with Crippen LogP contribution in [0.4, 0.5) is 0 Å². The first-order chi connectivity index (χ1) is 18.7. The Morgan fingerprint density at radius 3 is 1.68 bits per heavy atom. The number of halogens is 1. The highest BCUT2D eigenvalue weighted by Crippen LogP contribution is 2.36. The van der Waals surface area contributed by atoms with E-state index in [1.54, 1.807) is 0 Å². The highest BCUT2D eigenvalue weighted by Gasteiger charge is 2.14. The monoisotopic (exact) mass is 549 g/mol. The Balaban J connectivity index is 1.37. The second kappa shape index (κ2) is 9.48. The van der Waals surface area contributed by atoms with Gasteiger partial charge < -0.3 is 4.57 Å². The molecule has 0 unspecified atom stereocenters. The second-order valence-electron chi connectivity index (χ2n) is 9.59. The number of hydrogen-bond acceptors (Lipinski definition) is 0. The predicted molar refractivity (Wildman–Crippen MR) is 165 cm³/mol. The maximum Gasteiger partial charge on any atom is 0.0547 e. The zero-order chi connectivity index (χ0) is 25.5. The van der Waals surface area contributed by atoms with Gasteiger partial charge in [-0.25, -0.2) is 0 Å². The van der Waals surface area contributed by atoms with Crippen molar-refractivity contribution in [2.75, 3.05) is 0 Å². The van der Waals surface area contributed by atoms with Crippen LogP contribution in [0.15, 0.2) is 150 Å². The average molecular weight is 550 g/mol. The summed E-state index contributed by atoms with van der Waals surface area (Å²) in [5.74, 6) is 0. The average Bonchev–Trinajstić information content (AvgIpc) is 3.31. The molecule has 0 saturated heterocycles. The maximum atomic E-state index is 3.59. The fraction of sp³-hybridized carbons (Fsp3) is 0. The Labute approximate surface area is 230 Å². The number of aromatic nitrogens is 1. The number of para-hydroxylation sites is 1. The lowest BCUT2D eigenvalue weighted by atomic mass is 9.99. The van der Waals surface area contributed by atoms with Crippen molar-refractivity contribution in [3.8, 4) is 39.1 Å². The molecule has 6 aromatic carbocycles. The van der Waals surface area contributed by atoms with Gasteiger partial charge in [-0.2, -0.15) is 0 Å². The topological polar surface area (TPSA) is 4.93 Å². The number of hydrogen-bond donors (Lipinski definition) is 0. The van der Waals surface area contributed by atoms with E-state index >= 15 is 0 Å². The minimum Gasteiger partial charge on any atom is -0.309 e. The predicted octanol–water partition coefficient (Wildman–Crippen LogP) is 10.5. The van der Waals surface area contributed by atoms with E-state index in [1.165, 1.54) is 60.9 Å². The highest BCUT2D eigenvalue weighted by molar-refractivity contribution is 9.10. The zero-order valence-electron chi connectivity index (χ0n) is 20.7. The summed E-state index contributed by atoms with van der Waals surface area (Å²) in [6.45, 7) is 0. The fourth-order valence-electron chi connectivity index (χ4n) is 5.41. The first kappa shape index (κ1) is 22.8. The Bertz CT molecular complexity index is 1910. The van der Waals surface area contributed by atoms with Crippen molar-refractivity contribution in [1.29, 1.82) is 0 Å². The molecule has 0 atom stereocenters. The van der Waals surface area contributed by atoms with Gasteiger partial charge >= 0.3 is 0 Å². The molecule has 0 amide bonds. The summed E-state index contributed by atoms with van der Waals surface area (Å²) >= 11 is 3.59. The van der Waals surface area contributed by atoms with E-state index in [9.17, 15) is 0 Å². The van der Waals surface area contributed by atoms with Gasteiger partial charge in [0.2, 0.25) is 0 Å². The van der Waals surface area contributed by atoms with Gasteiger partial charge in [-0.1, -0.05) is 125 Å². The van der Waals surface area contributed by atoms with Gasteiger partial charge in [-0.3, -0.25) is 0 Å². The van der Waals surface area contributed by atoms with E-state index in [2.05, 4.69) is 166 Å². The third-order valence-electron chi connectivity index (χ3n) is 7.26. The van der Waals surface area contributed by atoms with Crippen molar-refractivity contribution in [3.63, 3.8) is 0 Å². The summed E-state index contributed by atoms with van der Waals surface area (Å²) in [7, 11) is 0. The molecule has 2 heteroatoms. The second-order valence-corrected chi connectivity index (χ2v) is 10.5. The van der Waals surface area contributed by atoms with Gasteiger partial charge in [0.25, 0.3) is 0 Å². The Morgan fingerprint density at radius 2 is 0.921 bits per heavy atom. The molecule has 0 bridgehead atoms. The number of fused-ring (bicyclic) bond motifs is 3. The standard InChI is InChI=1S/C36H24BrN/c37-31-12-6-10-28(22-31)26-16-18-27(19-17-26)30-20-21-34-33-14-4-5-15-35(33)38(36(34)24-30)32-13-7-11-29(23-32)25-8-2-1-3-9-25/h1-24H. The molecule has 0 saturated carbocycles. The van der Waals surface area contributed by atoms with Crippen LogP contribution in [0.1, 0.15) is 0 Å². The molecule has 0 N–H and O–H groups in total. The largest absolute Gasteiger partial charge is 0.309 e. The van der Waals surface area contributed by atoms with E-state index in [4.69, 9.17) is 0 Å². The molecule has 38 heavy (non-hydrogen) atoms. The van der Waals surface area contributed by atoms with Crippen molar-refractivity contribution in [3.05, 3.63) is 150 Å². The van der Waals surface area contributed by atoms with Crippen molar-refractivity contribution in [1.82, 2.24) is 4.57 Å². The van der Waals surface area contributed by atoms with Gasteiger partial charge in [0.05, 0.1) is 11.0 Å². The normalized spacial score (nSPS) is 11.3. The molecule has 0 aliphatic carbocycles. The lowest BCUT2D eigenvalue weighted by Crippen LogP contribution is -1.94. The number of rotatable bonds is 4. The number of nitrogens with zero attached hydrogens (tertiary/aromatic N) is 1. The van der Waals surface area contributed by atoms with Crippen LogP contribution in [0.5, 0.6) is 0 Å². The van der Waals surface area contributed by atoms with Gasteiger partial charge in [0.15, 0.2) is 0 Å². The Morgan fingerprint density at radius 1 is 0.368 bits per heavy atom. The molecular formula is C36H24BrN. The lowest BCUT2D eigenvalue weighted by molar-refractivity contribution is 1.18. The van der Waals surface area contributed by atoms with E-state index in [0.29, 0.717) is 0 Å². The molecule has 0 aliphatic rings. The molecule has 1 nitrogen and oxygen atoms in total. The molecule has 1 aromatic heterocycles. The van der Waals surface area contributed by atoms with Crippen LogP contribution < -0.4 is 0 Å². The number of benzene rings is 6. The van der Waals surface area contributed by atoms with E-state index in [0.717, 1.165) is 4.47 Å². The fourth-order valence-corrected chi connectivity index (χ4v) is 5.81. The quantitative estimate of drug-likeness (QED) is 0.205. The van der Waals surface area contributed by atoms with Crippen LogP contribution >= 0.6 is 15.9 Å². The summed E-state index contributed by atoms with van der Waals surface area (Å²) in [5.41, 5.74) is 10.9. The van der Waals surface area contributed by atoms with Crippen molar-refractivity contribution in [2.45, 2.75) is 0 Å². The summed E-state index contributed by atoms with van der Waals surface area (Å²) in [6, 6.07) is 52.3. The van der Waals surface area contributed by atoms with Gasteiger partial charge in [-0.05, 0) is 69.8 Å². The van der Waals surface area contributed by atoms with Crippen molar-refractivity contribution < 1.29 is 0 Å². The SMILES string of the molecule is Brc1cccc(-c2ccc(-c3ccc4c5ccccc5n(-c5cccc(-c6ccccc6)c5)c4c3)cc2)c1. The van der Waals surface area contributed by atoms with Crippen LogP contribution in [0.2, 0.25) is 0 Å². The highest BCUT2D eigenvalue weighted by atomic mass is 79.9. The molecule has 7 aromatic rings. The smallest absolute Gasteiger partial charge is 0.0547 e. The first-order valence-corrected chi connectivity index (χ1v) is 13.6. The molecule has 0 aliphatic heterocycles. The van der Waals surface area contributed by atoms with Crippen molar-refractivity contribution in [2.24, 2.45) is 0 Å². The van der Waals surface area contributed by atoms with Crippen LogP contribution in [-0.2, 0) is 0 Å². The molecular weight excluding hydrogens is 526 g/mol. The minimum absolute atomic E-state index is 1.09. The van der Waals surface area contributed by atoms with Gasteiger partial charge in [-0.15, -0.1) is 0 Å². The molecule has 7 rings (SSSR count). The van der Waals surface area contributed by atoms with E-state index in [-0.39, 0.29) is 0 Å². The molecule has 0 spiro atoms. The molecule has 0 radical (unpaired) electrons. The Hall–Kier alpha value is -4.40. The van der Waals surface area contributed by atoms with E-state index < -0.39 is 0 Å². The zero-order valence-corrected chi connectivity index (χ0v) is 22.3. The summed E-state index contributed by atoms with van der Waals surface area (Å²) in [4.78, 5) is 0. The van der Waals surface area contributed by atoms with E-state index in [1.807, 2.05) is 0 Å². The molecule has 0 fully saturated rings.